The van der Waals surface area contributed by atoms with E-state index in [9.17, 15) is 12.8 Å². The summed E-state index contributed by atoms with van der Waals surface area (Å²) in [4.78, 5) is 19.4. The Morgan fingerprint density at radius 2 is 1.91 bits per heavy atom. The Hall–Kier alpha value is -3.38. The van der Waals surface area contributed by atoms with Gasteiger partial charge in [-0.2, -0.15) is 9.97 Å². The van der Waals surface area contributed by atoms with Crippen LogP contribution in [0, 0.1) is 5.82 Å². The molecule has 0 saturated carbocycles. The molecule has 0 bridgehead atoms. The third-order valence-corrected chi connectivity index (χ3v) is 6.63. The Morgan fingerprint density at radius 1 is 1.15 bits per heavy atom. The van der Waals surface area contributed by atoms with Crippen molar-refractivity contribution in [3.63, 3.8) is 0 Å². The van der Waals surface area contributed by atoms with Gasteiger partial charge in [-0.25, -0.2) is 22.5 Å². The molecule has 1 fully saturated rings. The van der Waals surface area contributed by atoms with E-state index in [0.717, 1.165) is 5.56 Å². The molecule has 0 amide bonds. The van der Waals surface area contributed by atoms with Crippen LogP contribution >= 0.6 is 0 Å². The summed E-state index contributed by atoms with van der Waals surface area (Å²) in [5.74, 6) is 1.78. The van der Waals surface area contributed by atoms with Gasteiger partial charge in [-0.05, 0) is 31.5 Å². The molecule has 0 spiro atoms. The maximum atomic E-state index is 13.3. The molecule has 33 heavy (non-hydrogen) atoms. The van der Waals surface area contributed by atoms with Crippen molar-refractivity contribution in [1.29, 1.82) is 0 Å². The van der Waals surface area contributed by atoms with Crippen molar-refractivity contribution >= 4 is 33.4 Å². The minimum Gasteiger partial charge on any atom is -0.353 e. The highest BCUT2D eigenvalue weighted by Crippen LogP contribution is 2.26. The highest BCUT2D eigenvalue weighted by atomic mass is 32.2. The van der Waals surface area contributed by atoms with E-state index < -0.39 is 10.0 Å². The van der Waals surface area contributed by atoms with Gasteiger partial charge >= 0.3 is 0 Å². The van der Waals surface area contributed by atoms with E-state index in [0.29, 0.717) is 36.5 Å². The largest absolute Gasteiger partial charge is 0.353 e. The maximum absolute atomic E-state index is 13.3. The van der Waals surface area contributed by atoms with Gasteiger partial charge in [0.05, 0.1) is 24.0 Å². The predicted octanol–water partition coefficient (Wildman–Crippen LogP) is 2.45. The molecule has 1 aliphatic rings. The van der Waals surface area contributed by atoms with Crippen LogP contribution in [0.5, 0.6) is 0 Å². The molecule has 0 aliphatic carbocycles. The summed E-state index contributed by atoms with van der Waals surface area (Å²) >= 11 is 0. The summed E-state index contributed by atoms with van der Waals surface area (Å²) in [6, 6.07) is 7.64. The van der Waals surface area contributed by atoms with Crippen molar-refractivity contribution < 1.29 is 12.8 Å². The highest BCUT2D eigenvalue weighted by Gasteiger charge is 2.31. The lowest BCUT2D eigenvalue weighted by Crippen LogP contribution is -2.59. The van der Waals surface area contributed by atoms with Crippen LogP contribution in [0.2, 0.25) is 0 Å². The van der Waals surface area contributed by atoms with E-state index in [2.05, 4.69) is 35.3 Å². The van der Waals surface area contributed by atoms with E-state index >= 15 is 0 Å². The molecule has 1 saturated heterocycles. The third kappa shape index (κ3) is 5.90. The lowest BCUT2D eigenvalue weighted by molar-refractivity contribution is 0.466. The molecule has 174 valence electrons. The van der Waals surface area contributed by atoms with Gasteiger partial charge < -0.3 is 15.5 Å². The van der Waals surface area contributed by atoms with Gasteiger partial charge in [0, 0.05) is 31.5 Å². The fourth-order valence-electron chi connectivity index (χ4n) is 3.33. The Balaban J connectivity index is 1.54. The van der Waals surface area contributed by atoms with Crippen molar-refractivity contribution in [2.24, 2.45) is 0 Å². The summed E-state index contributed by atoms with van der Waals surface area (Å²) in [6.07, 6.45) is 4.72. The lowest BCUT2D eigenvalue weighted by atomic mass is 10.1. The Labute approximate surface area is 191 Å². The number of halogens is 1. The van der Waals surface area contributed by atoms with Crippen molar-refractivity contribution in [1.82, 2.24) is 24.7 Å². The predicted molar refractivity (Wildman–Crippen MR) is 124 cm³/mol. The SMILES string of the molecule is CCS(=O)(=O)NC1CN(c2cc(Nc3cnccn3)nc(N[C@@H](C)c3ccc(F)cc3)n2)C1. The molecular weight excluding hydrogens is 447 g/mol. The summed E-state index contributed by atoms with van der Waals surface area (Å²) in [6.45, 7) is 4.52. The Kier molecular flexibility index (Phi) is 6.65. The molecule has 1 atom stereocenters. The van der Waals surface area contributed by atoms with Crippen LogP contribution in [0.1, 0.15) is 25.5 Å². The molecule has 4 rings (SSSR count). The van der Waals surface area contributed by atoms with Crippen LogP contribution in [0.15, 0.2) is 48.9 Å². The second kappa shape index (κ2) is 9.63. The van der Waals surface area contributed by atoms with E-state index in [-0.39, 0.29) is 23.7 Å². The van der Waals surface area contributed by atoms with Crippen LogP contribution < -0.4 is 20.3 Å². The fourth-order valence-corrected chi connectivity index (χ4v) is 4.15. The van der Waals surface area contributed by atoms with E-state index in [1.165, 1.54) is 12.1 Å². The molecule has 3 aromatic rings. The van der Waals surface area contributed by atoms with Gasteiger partial charge in [0.15, 0.2) is 0 Å². The van der Waals surface area contributed by atoms with Crippen molar-refractivity contribution in [2.75, 3.05) is 34.4 Å². The minimum absolute atomic E-state index is 0.0402. The van der Waals surface area contributed by atoms with Gasteiger partial charge in [-0.1, -0.05) is 12.1 Å². The molecule has 10 nitrogen and oxygen atoms in total. The van der Waals surface area contributed by atoms with Crippen LogP contribution in [-0.4, -0.2) is 53.2 Å². The van der Waals surface area contributed by atoms with Crippen LogP contribution in [0.4, 0.5) is 27.8 Å². The molecule has 2 aromatic heterocycles. The lowest BCUT2D eigenvalue weighted by Gasteiger charge is -2.40. The van der Waals surface area contributed by atoms with Gasteiger partial charge in [0.1, 0.15) is 23.3 Å². The number of rotatable bonds is 9. The Morgan fingerprint density at radius 3 is 2.58 bits per heavy atom. The first-order valence-corrected chi connectivity index (χ1v) is 12.2. The van der Waals surface area contributed by atoms with E-state index in [4.69, 9.17) is 0 Å². The van der Waals surface area contributed by atoms with Gasteiger partial charge in [-0.15, -0.1) is 0 Å². The third-order valence-electron chi connectivity index (χ3n) is 5.18. The number of benzene rings is 1. The first-order valence-electron chi connectivity index (χ1n) is 10.5. The van der Waals surface area contributed by atoms with Crippen molar-refractivity contribution in [3.8, 4) is 0 Å². The van der Waals surface area contributed by atoms with Crippen LogP contribution in [-0.2, 0) is 10.0 Å². The number of sulfonamides is 1. The van der Waals surface area contributed by atoms with Crippen LogP contribution in [0.25, 0.3) is 0 Å². The van der Waals surface area contributed by atoms with E-state index in [1.54, 1.807) is 43.7 Å². The number of nitrogens with one attached hydrogen (secondary N) is 3. The smallest absolute Gasteiger partial charge is 0.227 e. The normalized spacial score (nSPS) is 15.1. The van der Waals surface area contributed by atoms with Gasteiger partial charge in [0.25, 0.3) is 0 Å². The average Bonchev–Trinajstić information content (AvgIpc) is 2.77. The Bertz CT molecular complexity index is 1190. The zero-order chi connectivity index (χ0) is 23.4. The number of aromatic nitrogens is 4. The number of nitrogens with zero attached hydrogens (tertiary/aromatic N) is 5. The topological polar surface area (TPSA) is 125 Å². The number of hydrogen-bond acceptors (Lipinski definition) is 9. The summed E-state index contributed by atoms with van der Waals surface area (Å²) < 4.78 is 39.6. The summed E-state index contributed by atoms with van der Waals surface area (Å²) in [5.41, 5.74) is 0.881. The zero-order valence-electron chi connectivity index (χ0n) is 18.2. The zero-order valence-corrected chi connectivity index (χ0v) is 19.1. The summed E-state index contributed by atoms with van der Waals surface area (Å²) in [7, 11) is -3.27. The van der Waals surface area contributed by atoms with Crippen LogP contribution in [0.3, 0.4) is 0 Å². The monoisotopic (exact) mass is 472 g/mol. The van der Waals surface area contributed by atoms with Gasteiger partial charge in [0.2, 0.25) is 16.0 Å². The molecule has 0 radical (unpaired) electrons. The van der Waals surface area contributed by atoms with E-state index in [1.807, 2.05) is 11.8 Å². The molecule has 1 aromatic carbocycles. The summed E-state index contributed by atoms with van der Waals surface area (Å²) in [5, 5.41) is 6.36. The van der Waals surface area contributed by atoms with Gasteiger partial charge in [-0.3, -0.25) is 4.98 Å². The molecule has 3 N–H and O–H groups in total. The second-order valence-electron chi connectivity index (χ2n) is 7.69. The number of anilines is 4. The molecule has 0 unspecified atom stereocenters. The standard InChI is InChI=1S/C21H25FN8O2S/c1-3-33(31,32)29-17-12-30(13-17)20-10-18(26-19-11-23-8-9-24-19)27-21(28-20)25-14(2)15-4-6-16(22)7-5-15/h4-11,14,17,29H,3,12-13H2,1-2H3,(H2,24,25,26,27,28)/t14-/m0/s1. The quantitative estimate of drug-likeness (QED) is 0.431. The van der Waals surface area contributed by atoms with Crippen molar-refractivity contribution in [2.45, 2.75) is 25.9 Å². The maximum Gasteiger partial charge on any atom is 0.227 e. The first-order chi connectivity index (χ1) is 15.8. The fraction of sp³-hybridized carbons (Fsp3) is 0.333. The molecule has 12 heteroatoms. The van der Waals surface area contributed by atoms with Crippen molar-refractivity contribution in [3.05, 3.63) is 60.3 Å². The average molecular weight is 473 g/mol. The minimum atomic E-state index is -3.27. The first kappa shape index (κ1) is 22.8. The highest BCUT2D eigenvalue weighted by molar-refractivity contribution is 7.89. The molecular formula is C21H25FN8O2S. The molecule has 1 aliphatic heterocycles. The number of hydrogen-bond donors (Lipinski definition) is 3. The second-order valence-corrected chi connectivity index (χ2v) is 9.73. The molecule has 3 heterocycles.